The third-order valence-electron chi connectivity index (χ3n) is 3.22. The van der Waals surface area contributed by atoms with Gasteiger partial charge in [0.2, 0.25) is 0 Å². The first-order valence-corrected chi connectivity index (χ1v) is 9.61. The highest BCUT2D eigenvalue weighted by Gasteiger charge is 2.22. The van der Waals surface area contributed by atoms with Crippen LogP contribution in [0.1, 0.15) is 12.6 Å². The van der Waals surface area contributed by atoms with E-state index in [-0.39, 0.29) is 4.90 Å². The molecule has 0 aliphatic rings. The summed E-state index contributed by atoms with van der Waals surface area (Å²) in [4.78, 5) is 4.48. The number of aryl methyl sites for hydroxylation is 1. The van der Waals surface area contributed by atoms with Gasteiger partial charge in [0.15, 0.2) is 5.13 Å². The van der Waals surface area contributed by atoms with Crippen molar-refractivity contribution in [3.63, 3.8) is 0 Å². The van der Waals surface area contributed by atoms with Gasteiger partial charge in [0, 0.05) is 11.0 Å². The molecule has 0 bridgehead atoms. The van der Waals surface area contributed by atoms with E-state index in [0.29, 0.717) is 17.4 Å². The summed E-state index contributed by atoms with van der Waals surface area (Å²) in [5.41, 5.74) is 1.37. The molecule has 2 heterocycles. The zero-order valence-corrected chi connectivity index (χ0v) is 15.1. The summed E-state index contributed by atoms with van der Waals surface area (Å²) >= 11 is 4.68. The van der Waals surface area contributed by atoms with E-state index < -0.39 is 10.0 Å². The minimum absolute atomic E-state index is 0.176. The molecule has 1 N–H and O–H groups in total. The molecule has 0 spiro atoms. The van der Waals surface area contributed by atoms with Crippen molar-refractivity contribution in [2.45, 2.75) is 25.3 Å². The number of benzene rings is 1. The fraction of sp³-hybridized carbons (Fsp3) is 0.231. The lowest BCUT2D eigenvalue weighted by Crippen LogP contribution is -2.13. The van der Waals surface area contributed by atoms with Gasteiger partial charge in [-0.25, -0.2) is 13.4 Å². The molecule has 2 aromatic heterocycles. The normalized spacial score (nSPS) is 12.0. The molecular weight excluding hydrogens is 388 g/mol. The first-order chi connectivity index (χ1) is 10.4. The molecule has 9 heteroatoms. The molecule has 0 radical (unpaired) electrons. The van der Waals surface area contributed by atoms with Crippen molar-refractivity contribution in [2.75, 3.05) is 4.72 Å². The highest BCUT2D eigenvalue weighted by Crippen LogP contribution is 2.30. The second-order valence-corrected chi connectivity index (χ2v) is 8.24. The summed E-state index contributed by atoms with van der Waals surface area (Å²) in [6.45, 7) is 4.27. The topological polar surface area (TPSA) is 76.9 Å². The van der Waals surface area contributed by atoms with Crippen molar-refractivity contribution in [3.05, 3.63) is 34.6 Å². The van der Waals surface area contributed by atoms with Gasteiger partial charge in [0.1, 0.15) is 4.90 Å². The van der Waals surface area contributed by atoms with E-state index in [1.54, 1.807) is 11.6 Å². The molecular formula is C13H13BrN4O2S2. The summed E-state index contributed by atoms with van der Waals surface area (Å²) in [6, 6.07) is 5.62. The van der Waals surface area contributed by atoms with E-state index in [0.717, 1.165) is 14.7 Å². The maximum atomic E-state index is 12.5. The van der Waals surface area contributed by atoms with Crippen molar-refractivity contribution < 1.29 is 8.42 Å². The molecule has 3 aromatic rings. The Labute approximate surface area is 140 Å². The molecule has 0 unspecified atom stereocenters. The van der Waals surface area contributed by atoms with Crippen LogP contribution in [0.3, 0.4) is 0 Å². The van der Waals surface area contributed by atoms with E-state index >= 15 is 0 Å². The molecule has 0 aliphatic carbocycles. The number of hydrogen-bond acceptors (Lipinski definition) is 5. The number of sulfonamides is 1. The number of rotatable bonds is 4. The molecule has 0 amide bonds. The second kappa shape index (κ2) is 5.64. The predicted octanol–water partition coefficient (Wildman–Crippen LogP) is 3.38. The van der Waals surface area contributed by atoms with E-state index in [9.17, 15) is 8.42 Å². The number of anilines is 1. The minimum Gasteiger partial charge on any atom is -0.269 e. The van der Waals surface area contributed by atoms with Crippen LogP contribution in [0.2, 0.25) is 0 Å². The first kappa shape index (κ1) is 15.4. The Morgan fingerprint density at radius 3 is 2.86 bits per heavy atom. The molecule has 22 heavy (non-hydrogen) atoms. The lowest BCUT2D eigenvalue weighted by Gasteiger charge is -2.04. The lowest BCUT2D eigenvalue weighted by atomic mass is 10.3. The molecule has 6 nitrogen and oxygen atoms in total. The van der Waals surface area contributed by atoms with Gasteiger partial charge in [-0.05, 0) is 32.0 Å². The van der Waals surface area contributed by atoms with Gasteiger partial charge in [0.05, 0.1) is 22.1 Å². The zero-order valence-electron chi connectivity index (χ0n) is 11.9. The maximum Gasteiger partial charge on any atom is 0.267 e. The summed E-state index contributed by atoms with van der Waals surface area (Å²) in [6.07, 6.45) is 1.37. The van der Waals surface area contributed by atoms with Crippen LogP contribution in [-0.4, -0.2) is 23.2 Å². The van der Waals surface area contributed by atoms with Crippen LogP contribution in [0, 0.1) is 6.92 Å². The Bertz CT molecular complexity index is 946. The summed E-state index contributed by atoms with van der Waals surface area (Å²) < 4.78 is 31.0. The van der Waals surface area contributed by atoms with E-state index in [1.165, 1.54) is 17.5 Å². The smallest absolute Gasteiger partial charge is 0.267 e. The Kier molecular flexibility index (Phi) is 3.96. The summed E-state index contributed by atoms with van der Waals surface area (Å²) in [5, 5.41) is 4.41. The number of thiazole rings is 1. The molecule has 1 aromatic carbocycles. The third-order valence-corrected chi connectivity index (χ3v) is 6.22. The van der Waals surface area contributed by atoms with Gasteiger partial charge < -0.3 is 0 Å². The minimum atomic E-state index is -3.69. The van der Waals surface area contributed by atoms with Crippen LogP contribution in [0.5, 0.6) is 0 Å². The Morgan fingerprint density at radius 1 is 1.41 bits per heavy atom. The third kappa shape index (κ3) is 2.75. The largest absolute Gasteiger partial charge is 0.269 e. The van der Waals surface area contributed by atoms with Gasteiger partial charge in [-0.1, -0.05) is 27.3 Å². The predicted molar refractivity (Wildman–Crippen MR) is 90.8 cm³/mol. The highest BCUT2D eigenvalue weighted by molar-refractivity contribution is 9.10. The Balaban J connectivity index is 1.97. The van der Waals surface area contributed by atoms with Crippen LogP contribution in [0.15, 0.2) is 33.8 Å². The van der Waals surface area contributed by atoms with Crippen molar-refractivity contribution in [3.8, 4) is 0 Å². The Morgan fingerprint density at radius 2 is 2.18 bits per heavy atom. The van der Waals surface area contributed by atoms with Crippen LogP contribution in [0.4, 0.5) is 5.13 Å². The van der Waals surface area contributed by atoms with Gasteiger partial charge in [-0.3, -0.25) is 9.40 Å². The van der Waals surface area contributed by atoms with E-state index in [1.807, 2.05) is 25.1 Å². The Hall–Kier alpha value is -1.45. The number of fused-ring (bicyclic) bond motifs is 1. The molecule has 0 atom stereocenters. The fourth-order valence-corrected chi connectivity index (χ4v) is 4.95. The molecule has 0 fully saturated rings. The summed E-state index contributed by atoms with van der Waals surface area (Å²) in [7, 11) is -3.69. The average Bonchev–Trinajstić information content (AvgIpc) is 3.00. The van der Waals surface area contributed by atoms with Crippen LogP contribution in [-0.2, 0) is 16.6 Å². The molecule has 0 aliphatic heterocycles. The van der Waals surface area contributed by atoms with Crippen molar-refractivity contribution in [1.29, 1.82) is 0 Å². The van der Waals surface area contributed by atoms with E-state index in [2.05, 4.69) is 30.7 Å². The van der Waals surface area contributed by atoms with Crippen molar-refractivity contribution in [2.24, 2.45) is 0 Å². The fourth-order valence-electron chi connectivity index (χ4n) is 2.12. The second-order valence-electron chi connectivity index (χ2n) is 4.65. The van der Waals surface area contributed by atoms with Gasteiger partial charge in [-0.2, -0.15) is 5.10 Å². The van der Waals surface area contributed by atoms with Crippen LogP contribution in [0.25, 0.3) is 10.2 Å². The molecule has 0 saturated carbocycles. The molecule has 3 rings (SSSR count). The van der Waals surface area contributed by atoms with Gasteiger partial charge in [-0.15, -0.1) is 0 Å². The standard InChI is InChI=1S/C13H13BrN4O2S2/c1-3-18-8(2)12(7-15-18)22(19,20)17-13-16-10-5-4-9(14)6-11(10)21-13/h4-7H,3H2,1-2H3,(H,16,17). The van der Waals surface area contributed by atoms with Gasteiger partial charge in [0.25, 0.3) is 10.0 Å². The van der Waals surface area contributed by atoms with E-state index in [4.69, 9.17) is 0 Å². The van der Waals surface area contributed by atoms with Crippen LogP contribution >= 0.6 is 27.3 Å². The molecule has 116 valence electrons. The quantitative estimate of drug-likeness (QED) is 0.727. The average molecular weight is 401 g/mol. The summed E-state index contributed by atoms with van der Waals surface area (Å²) in [5.74, 6) is 0. The van der Waals surface area contributed by atoms with Crippen LogP contribution < -0.4 is 4.72 Å². The van der Waals surface area contributed by atoms with Gasteiger partial charge >= 0.3 is 0 Å². The monoisotopic (exact) mass is 400 g/mol. The SMILES string of the molecule is CCn1ncc(S(=O)(=O)Nc2nc3ccc(Br)cc3s2)c1C. The highest BCUT2D eigenvalue weighted by atomic mass is 79.9. The number of hydrogen-bond donors (Lipinski definition) is 1. The number of halogens is 1. The number of nitrogens with zero attached hydrogens (tertiary/aromatic N) is 3. The number of nitrogens with one attached hydrogen (secondary N) is 1. The number of aromatic nitrogens is 3. The van der Waals surface area contributed by atoms with Crippen molar-refractivity contribution in [1.82, 2.24) is 14.8 Å². The maximum absolute atomic E-state index is 12.5. The van der Waals surface area contributed by atoms with Crippen molar-refractivity contribution >= 4 is 52.6 Å². The molecule has 0 saturated heterocycles. The zero-order chi connectivity index (χ0) is 15.9. The lowest BCUT2D eigenvalue weighted by molar-refractivity contribution is 0.598. The first-order valence-electron chi connectivity index (χ1n) is 6.52.